The zero-order valence-electron chi connectivity index (χ0n) is 17.9. The molecule has 8 nitrogen and oxygen atoms in total. The summed E-state index contributed by atoms with van der Waals surface area (Å²) in [6, 6.07) is 9.97. The van der Waals surface area contributed by atoms with Gasteiger partial charge >= 0.3 is 0 Å². The van der Waals surface area contributed by atoms with Gasteiger partial charge in [0.2, 0.25) is 0 Å². The molecule has 1 atom stereocenters. The molecule has 5 rings (SSSR count). The highest BCUT2D eigenvalue weighted by Crippen LogP contribution is 2.34. The Morgan fingerprint density at radius 1 is 1.16 bits per heavy atom. The lowest BCUT2D eigenvalue weighted by Crippen LogP contribution is -2.39. The van der Waals surface area contributed by atoms with Crippen molar-refractivity contribution in [2.45, 2.75) is 25.9 Å². The van der Waals surface area contributed by atoms with Gasteiger partial charge in [0.05, 0.1) is 19.5 Å². The van der Waals surface area contributed by atoms with Gasteiger partial charge in [-0.05, 0) is 44.0 Å². The molecule has 1 aliphatic heterocycles. The van der Waals surface area contributed by atoms with Gasteiger partial charge in [0.1, 0.15) is 22.7 Å². The van der Waals surface area contributed by atoms with Crippen LogP contribution in [0.2, 0.25) is 0 Å². The van der Waals surface area contributed by atoms with Gasteiger partial charge in [-0.25, -0.2) is 15.0 Å². The van der Waals surface area contributed by atoms with Crippen LogP contribution in [0.4, 0.5) is 5.69 Å². The van der Waals surface area contributed by atoms with Crippen LogP contribution in [0.5, 0.6) is 5.75 Å². The number of nitrogens with one attached hydrogen (secondary N) is 1. The van der Waals surface area contributed by atoms with E-state index in [9.17, 15) is 0 Å². The van der Waals surface area contributed by atoms with Crippen molar-refractivity contribution in [2.75, 3.05) is 32.2 Å². The zero-order chi connectivity index (χ0) is 21.4. The van der Waals surface area contributed by atoms with E-state index in [1.807, 2.05) is 25.1 Å². The number of ether oxygens (including phenoxy) is 2. The van der Waals surface area contributed by atoms with E-state index in [1.54, 1.807) is 20.5 Å². The fraction of sp³-hybridized carbons (Fsp3) is 0.348. The first-order valence-corrected chi connectivity index (χ1v) is 10.4. The predicted molar refractivity (Wildman–Crippen MR) is 118 cm³/mol. The van der Waals surface area contributed by atoms with E-state index in [2.05, 4.69) is 32.0 Å². The summed E-state index contributed by atoms with van der Waals surface area (Å²) < 4.78 is 17.0. The molecule has 0 bridgehead atoms. The molecule has 1 aromatic carbocycles. The van der Waals surface area contributed by atoms with Gasteiger partial charge in [0.15, 0.2) is 17.2 Å². The summed E-state index contributed by atoms with van der Waals surface area (Å²) in [5, 5.41) is 0. The van der Waals surface area contributed by atoms with Gasteiger partial charge in [-0.2, -0.15) is 0 Å². The number of aryl methyl sites for hydroxylation is 1. The first-order valence-electron chi connectivity index (χ1n) is 10.4. The lowest BCUT2D eigenvalue weighted by atomic mass is 10.0. The Morgan fingerprint density at radius 3 is 2.84 bits per heavy atom. The van der Waals surface area contributed by atoms with Crippen molar-refractivity contribution in [2.24, 2.45) is 0 Å². The van der Waals surface area contributed by atoms with E-state index in [1.165, 1.54) is 0 Å². The van der Waals surface area contributed by atoms with E-state index < -0.39 is 0 Å². The van der Waals surface area contributed by atoms with E-state index in [-0.39, 0.29) is 6.10 Å². The molecule has 1 aliphatic rings. The van der Waals surface area contributed by atoms with Crippen LogP contribution in [-0.2, 0) is 4.74 Å². The lowest BCUT2D eigenvalue weighted by Gasteiger charge is -2.34. The van der Waals surface area contributed by atoms with Crippen LogP contribution in [0, 0.1) is 6.92 Å². The summed E-state index contributed by atoms with van der Waals surface area (Å²) in [5.41, 5.74) is 4.13. The largest absolute Gasteiger partial charge is 0.497 e. The third kappa shape index (κ3) is 3.74. The van der Waals surface area contributed by atoms with Gasteiger partial charge in [0.25, 0.3) is 0 Å². The van der Waals surface area contributed by atoms with Crippen molar-refractivity contribution >= 4 is 16.9 Å². The van der Waals surface area contributed by atoms with Crippen molar-refractivity contribution in [1.82, 2.24) is 19.9 Å². The number of nitrogens with zero attached hydrogens (tertiary/aromatic N) is 4. The molecule has 1 unspecified atom stereocenters. The number of fused-ring (bicyclic) bond motifs is 1. The number of methoxy groups -OCH3 is 2. The minimum absolute atomic E-state index is 0.232. The van der Waals surface area contributed by atoms with Gasteiger partial charge in [-0.15, -0.1) is 0 Å². The van der Waals surface area contributed by atoms with Crippen molar-refractivity contribution in [3.63, 3.8) is 0 Å². The first-order chi connectivity index (χ1) is 15.1. The number of anilines is 1. The summed E-state index contributed by atoms with van der Waals surface area (Å²) in [5.74, 6) is 2.70. The molecule has 1 N–H and O–H groups in total. The maximum Gasteiger partial charge on any atom is 0.198 e. The van der Waals surface area contributed by atoms with Gasteiger partial charge in [0, 0.05) is 37.5 Å². The summed E-state index contributed by atoms with van der Waals surface area (Å²) in [6.45, 7) is 3.73. The SMILES string of the molecule is COc1cc(-c2nc(-c3ccc(C)o3)nc3nc[nH]c23)cc(N2CCCC(OC)C2)c1. The monoisotopic (exact) mass is 419 g/mol. The molecule has 0 aliphatic carbocycles. The number of hydrogen-bond acceptors (Lipinski definition) is 7. The van der Waals surface area contributed by atoms with E-state index in [0.29, 0.717) is 17.2 Å². The topological polar surface area (TPSA) is 89.3 Å². The average Bonchev–Trinajstić information content (AvgIpc) is 3.47. The highest BCUT2D eigenvalue weighted by Gasteiger charge is 2.22. The second kappa shape index (κ2) is 8.03. The lowest BCUT2D eigenvalue weighted by molar-refractivity contribution is 0.0893. The minimum Gasteiger partial charge on any atom is -0.497 e. The molecule has 0 spiro atoms. The molecule has 8 heteroatoms. The Kier molecular flexibility index (Phi) is 5.07. The molecule has 0 amide bonds. The second-order valence-corrected chi connectivity index (χ2v) is 7.77. The number of piperidine rings is 1. The number of H-pyrrole nitrogens is 1. The fourth-order valence-corrected chi connectivity index (χ4v) is 4.09. The summed E-state index contributed by atoms with van der Waals surface area (Å²) in [4.78, 5) is 19.3. The molecule has 4 aromatic rings. The highest BCUT2D eigenvalue weighted by atomic mass is 16.5. The van der Waals surface area contributed by atoms with Crippen molar-refractivity contribution in [3.8, 4) is 28.6 Å². The molecular formula is C23H25N5O3. The normalized spacial score (nSPS) is 16.7. The Morgan fingerprint density at radius 2 is 2.06 bits per heavy atom. The highest BCUT2D eigenvalue weighted by molar-refractivity contribution is 5.89. The van der Waals surface area contributed by atoms with Crippen LogP contribution in [0.15, 0.2) is 41.1 Å². The van der Waals surface area contributed by atoms with Gasteiger partial charge in [-0.3, -0.25) is 0 Å². The Balaban J connectivity index is 1.63. The number of furan rings is 1. The quantitative estimate of drug-likeness (QED) is 0.518. The fourth-order valence-electron chi connectivity index (χ4n) is 4.09. The molecule has 0 saturated carbocycles. The second-order valence-electron chi connectivity index (χ2n) is 7.77. The van der Waals surface area contributed by atoms with Crippen molar-refractivity contribution in [1.29, 1.82) is 0 Å². The summed E-state index contributed by atoms with van der Waals surface area (Å²) in [7, 11) is 3.46. The van der Waals surface area contributed by atoms with Gasteiger partial charge in [-0.1, -0.05) is 0 Å². The average molecular weight is 419 g/mol. The van der Waals surface area contributed by atoms with Crippen LogP contribution in [0.25, 0.3) is 34.0 Å². The smallest absolute Gasteiger partial charge is 0.198 e. The van der Waals surface area contributed by atoms with E-state index in [0.717, 1.165) is 59.9 Å². The molecule has 160 valence electrons. The maximum atomic E-state index is 5.76. The van der Waals surface area contributed by atoms with E-state index in [4.69, 9.17) is 18.9 Å². The molecule has 31 heavy (non-hydrogen) atoms. The Hall–Kier alpha value is -3.39. The summed E-state index contributed by atoms with van der Waals surface area (Å²) in [6.07, 6.45) is 4.03. The van der Waals surface area contributed by atoms with Crippen LogP contribution in [0.1, 0.15) is 18.6 Å². The third-order valence-electron chi connectivity index (χ3n) is 5.72. The Labute approximate surface area is 180 Å². The molecule has 4 heterocycles. The number of hydrogen-bond donors (Lipinski definition) is 1. The van der Waals surface area contributed by atoms with Crippen LogP contribution >= 0.6 is 0 Å². The van der Waals surface area contributed by atoms with Crippen molar-refractivity contribution < 1.29 is 13.9 Å². The Bertz CT molecular complexity index is 1220. The zero-order valence-corrected chi connectivity index (χ0v) is 17.9. The van der Waals surface area contributed by atoms with Crippen LogP contribution in [0.3, 0.4) is 0 Å². The number of imidazole rings is 1. The minimum atomic E-state index is 0.232. The molecule has 3 aromatic heterocycles. The van der Waals surface area contributed by atoms with Crippen molar-refractivity contribution in [3.05, 3.63) is 42.4 Å². The predicted octanol–water partition coefficient (Wildman–Crippen LogP) is 4.21. The standard InChI is InChI=1S/C23H25N5O3/c1-14-6-7-19(31-14)22-26-20(21-23(27-22)25-13-24-21)15-9-16(11-18(10-15)30-3)28-8-4-5-17(12-28)29-2/h6-7,9-11,13,17H,4-5,8,12H2,1-3H3,(H,24,25,26,27). The molecule has 1 fully saturated rings. The first kappa shape index (κ1) is 19.6. The van der Waals surface area contributed by atoms with E-state index >= 15 is 0 Å². The number of rotatable bonds is 5. The molecule has 0 radical (unpaired) electrons. The molecular weight excluding hydrogens is 394 g/mol. The summed E-state index contributed by atoms with van der Waals surface area (Å²) >= 11 is 0. The van der Waals surface area contributed by atoms with Gasteiger partial charge < -0.3 is 23.8 Å². The number of aromatic nitrogens is 4. The van der Waals surface area contributed by atoms with Crippen LogP contribution in [-0.4, -0.2) is 53.3 Å². The number of benzene rings is 1. The number of aromatic amines is 1. The molecule has 1 saturated heterocycles. The third-order valence-corrected chi connectivity index (χ3v) is 5.72. The van der Waals surface area contributed by atoms with Crippen LogP contribution < -0.4 is 9.64 Å². The maximum absolute atomic E-state index is 5.76.